The molecule has 100 valence electrons. The predicted molar refractivity (Wildman–Crippen MR) is 74.9 cm³/mol. The molecular weight excluding hydrogens is 224 g/mol. The minimum absolute atomic E-state index is 0.749. The molecule has 1 unspecified atom stereocenters. The van der Waals surface area contributed by atoms with Crippen LogP contribution in [0.15, 0.2) is 12.4 Å². The lowest BCUT2D eigenvalue weighted by Gasteiger charge is -2.18. The molecule has 18 heavy (non-hydrogen) atoms. The van der Waals surface area contributed by atoms with Crippen LogP contribution >= 0.6 is 0 Å². The fraction of sp³-hybridized carbons (Fsp3) is 0.714. The first-order valence-corrected chi connectivity index (χ1v) is 6.89. The molecular formula is C14H24N4. The molecule has 0 aliphatic carbocycles. The van der Waals surface area contributed by atoms with Gasteiger partial charge in [0.1, 0.15) is 0 Å². The van der Waals surface area contributed by atoms with Gasteiger partial charge in [0.2, 0.25) is 5.95 Å². The maximum absolute atomic E-state index is 4.49. The molecule has 4 nitrogen and oxygen atoms in total. The molecule has 0 bridgehead atoms. The largest absolute Gasteiger partial charge is 0.340 e. The highest BCUT2D eigenvalue weighted by Gasteiger charge is 2.24. The van der Waals surface area contributed by atoms with Crippen molar-refractivity contribution >= 4 is 5.95 Å². The lowest BCUT2D eigenvalue weighted by molar-refractivity contribution is 0.340. The first-order chi connectivity index (χ1) is 8.69. The Morgan fingerprint density at radius 1 is 1.33 bits per heavy atom. The van der Waals surface area contributed by atoms with Gasteiger partial charge in [0.15, 0.2) is 0 Å². The van der Waals surface area contributed by atoms with Crippen LogP contribution in [0.3, 0.4) is 0 Å². The van der Waals surface area contributed by atoms with Gasteiger partial charge in [0.25, 0.3) is 0 Å². The number of aromatic nitrogens is 2. The van der Waals surface area contributed by atoms with Crippen molar-refractivity contribution in [2.24, 2.45) is 5.92 Å². The lowest BCUT2D eigenvalue weighted by atomic mass is 10.1. The van der Waals surface area contributed by atoms with Crippen LogP contribution in [0.2, 0.25) is 0 Å². The summed E-state index contributed by atoms with van der Waals surface area (Å²) < 4.78 is 0. The molecule has 4 heteroatoms. The maximum Gasteiger partial charge on any atom is 0.225 e. The van der Waals surface area contributed by atoms with Crippen molar-refractivity contribution in [3.63, 3.8) is 0 Å². The van der Waals surface area contributed by atoms with Gasteiger partial charge < -0.3 is 9.80 Å². The minimum atomic E-state index is 0.749. The Hall–Kier alpha value is -1.16. The molecule has 0 amide bonds. The van der Waals surface area contributed by atoms with Crippen molar-refractivity contribution in [2.45, 2.75) is 26.2 Å². The van der Waals surface area contributed by atoms with Crippen LogP contribution in [-0.2, 0) is 6.42 Å². The third-order valence-electron chi connectivity index (χ3n) is 3.42. The summed E-state index contributed by atoms with van der Waals surface area (Å²) in [5.74, 6) is 1.65. The van der Waals surface area contributed by atoms with E-state index in [1.165, 1.54) is 12.0 Å². The van der Waals surface area contributed by atoms with E-state index in [1.807, 2.05) is 12.4 Å². The van der Waals surface area contributed by atoms with Gasteiger partial charge in [-0.3, -0.25) is 0 Å². The molecule has 1 atom stereocenters. The van der Waals surface area contributed by atoms with Crippen molar-refractivity contribution < 1.29 is 0 Å². The van der Waals surface area contributed by atoms with Crippen LogP contribution in [0.1, 0.15) is 25.3 Å². The van der Waals surface area contributed by atoms with Gasteiger partial charge in [-0.05, 0) is 38.4 Å². The van der Waals surface area contributed by atoms with E-state index in [0.29, 0.717) is 0 Å². The summed E-state index contributed by atoms with van der Waals surface area (Å²) in [5, 5.41) is 0. The monoisotopic (exact) mass is 248 g/mol. The number of aryl methyl sites for hydroxylation is 1. The topological polar surface area (TPSA) is 32.3 Å². The minimum Gasteiger partial charge on any atom is -0.340 e. The Labute approximate surface area is 110 Å². The lowest BCUT2D eigenvalue weighted by Crippen LogP contribution is -2.26. The van der Waals surface area contributed by atoms with E-state index >= 15 is 0 Å². The van der Waals surface area contributed by atoms with Crippen LogP contribution < -0.4 is 4.90 Å². The second-order valence-corrected chi connectivity index (χ2v) is 5.50. The summed E-state index contributed by atoms with van der Waals surface area (Å²) in [7, 11) is 4.28. The quantitative estimate of drug-likeness (QED) is 0.795. The smallest absolute Gasteiger partial charge is 0.225 e. The van der Waals surface area contributed by atoms with E-state index in [1.54, 1.807) is 0 Å². The first-order valence-electron chi connectivity index (χ1n) is 6.89. The fourth-order valence-corrected chi connectivity index (χ4v) is 2.61. The molecule has 2 heterocycles. The van der Waals surface area contributed by atoms with E-state index in [2.05, 4.69) is 40.8 Å². The molecule has 2 rings (SSSR count). The molecule has 0 aromatic carbocycles. The van der Waals surface area contributed by atoms with Crippen LogP contribution in [0.5, 0.6) is 0 Å². The Morgan fingerprint density at radius 2 is 2.06 bits per heavy atom. The molecule has 1 fully saturated rings. The second kappa shape index (κ2) is 6.14. The normalized spacial score (nSPS) is 19.8. The van der Waals surface area contributed by atoms with Gasteiger partial charge in [-0.25, -0.2) is 9.97 Å². The van der Waals surface area contributed by atoms with Crippen molar-refractivity contribution in [1.29, 1.82) is 0 Å². The van der Waals surface area contributed by atoms with Crippen molar-refractivity contribution in [2.75, 3.05) is 38.6 Å². The predicted octanol–water partition coefficient (Wildman–Crippen LogP) is 1.82. The van der Waals surface area contributed by atoms with E-state index in [4.69, 9.17) is 0 Å². The highest BCUT2D eigenvalue weighted by molar-refractivity contribution is 5.31. The molecule has 1 saturated heterocycles. The van der Waals surface area contributed by atoms with Gasteiger partial charge in [-0.2, -0.15) is 0 Å². The van der Waals surface area contributed by atoms with Gasteiger partial charge in [-0.15, -0.1) is 0 Å². The SMILES string of the molecule is CCCc1cnc(N2CCC(CN(C)C)C2)nc1. The summed E-state index contributed by atoms with van der Waals surface area (Å²) in [5.41, 5.74) is 1.24. The number of hydrogen-bond acceptors (Lipinski definition) is 4. The summed E-state index contributed by atoms with van der Waals surface area (Å²) in [4.78, 5) is 13.6. The average molecular weight is 248 g/mol. The van der Waals surface area contributed by atoms with Crippen LogP contribution in [-0.4, -0.2) is 48.6 Å². The van der Waals surface area contributed by atoms with Crippen molar-refractivity contribution in [1.82, 2.24) is 14.9 Å². The molecule has 1 aliphatic heterocycles. The van der Waals surface area contributed by atoms with E-state index in [0.717, 1.165) is 44.3 Å². The Bertz CT molecular complexity index is 361. The summed E-state index contributed by atoms with van der Waals surface area (Å²) in [6.45, 7) is 5.52. The Morgan fingerprint density at radius 3 is 2.67 bits per heavy atom. The van der Waals surface area contributed by atoms with E-state index in [9.17, 15) is 0 Å². The van der Waals surface area contributed by atoms with Crippen LogP contribution in [0, 0.1) is 5.92 Å². The third kappa shape index (κ3) is 3.42. The van der Waals surface area contributed by atoms with Crippen LogP contribution in [0.4, 0.5) is 5.95 Å². The number of rotatable bonds is 5. The second-order valence-electron chi connectivity index (χ2n) is 5.50. The third-order valence-corrected chi connectivity index (χ3v) is 3.42. The summed E-state index contributed by atoms with van der Waals surface area (Å²) in [6, 6.07) is 0. The number of hydrogen-bond donors (Lipinski definition) is 0. The maximum atomic E-state index is 4.49. The van der Waals surface area contributed by atoms with Gasteiger partial charge in [0, 0.05) is 32.0 Å². The summed E-state index contributed by atoms with van der Waals surface area (Å²) >= 11 is 0. The van der Waals surface area contributed by atoms with Crippen molar-refractivity contribution in [3.8, 4) is 0 Å². The zero-order valence-electron chi connectivity index (χ0n) is 11.8. The van der Waals surface area contributed by atoms with Crippen LogP contribution in [0.25, 0.3) is 0 Å². The fourth-order valence-electron chi connectivity index (χ4n) is 2.61. The van der Waals surface area contributed by atoms with Crippen molar-refractivity contribution in [3.05, 3.63) is 18.0 Å². The molecule has 1 aromatic rings. The highest BCUT2D eigenvalue weighted by atomic mass is 15.3. The standard InChI is InChI=1S/C14H24N4/c1-4-5-12-8-15-14(16-9-12)18-7-6-13(11-18)10-17(2)3/h8-9,13H,4-7,10-11H2,1-3H3. The van der Waals surface area contributed by atoms with Gasteiger partial charge in [-0.1, -0.05) is 13.3 Å². The molecule has 0 N–H and O–H groups in total. The molecule has 1 aromatic heterocycles. The Balaban J connectivity index is 1.92. The zero-order valence-corrected chi connectivity index (χ0v) is 11.8. The van der Waals surface area contributed by atoms with E-state index in [-0.39, 0.29) is 0 Å². The highest BCUT2D eigenvalue weighted by Crippen LogP contribution is 2.20. The number of nitrogens with zero attached hydrogens (tertiary/aromatic N) is 4. The van der Waals surface area contributed by atoms with Gasteiger partial charge in [0.05, 0.1) is 0 Å². The molecule has 0 spiro atoms. The molecule has 0 radical (unpaired) electrons. The van der Waals surface area contributed by atoms with Gasteiger partial charge >= 0.3 is 0 Å². The zero-order chi connectivity index (χ0) is 13.0. The summed E-state index contributed by atoms with van der Waals surface area (Å²) in [6.07, 6.45) is 7.43. The molecule has 1 aliphatic rings. The average Bonchev–Trinajstić information content (AvgIpc) is 2.78. The number of anilines is 1. The molecule has 0 saturated carbocycles. The van der Waals surface area contributed by atoms with E-state index < -0.39 is 0 Å². The first kappa shape index (κ1) is 13.3. The Kier molecular flexibility index (Phi) is 4.53.